The van der Waals surface area contributed by atoms with Crippen molar-refractivity contribution in [2.45, 2.75) is 6.92 Å². The van der Waals surface area contributed by atoms with Gasteiger partial charge in [-0.3, -0.25) is 9.52 Å². The number of anilines is 2. The Labute approximate surface area is 139 Å². The van der Waals surface area contributed by atoms with E-state index in [1.165, 1.54) is 25.1 Å². The molecule has 0 aliphatic rings. The smallest absolute Gasteiger partial charge is 0.343 e. The van der Waals surface area contributed by atoms with Crippen LogP contribution in [0.25, 0.3) is 0 Å². The molecule has 0 bridgehead atoms. The normalized spacial score (nSPS) is 10.8. The highest BCUT2D eigenvalue weighted by Crippen LogP contribution is 2.18. The van der Waals surface area contributed by atoms with Crippen LogP contribution in [0.1, 0.15) is 17.3 Å². The van der Waals surface area contributed by atoms with E-state index in [1.807, 2.05) is 0 Å². The molecule has 0 atom stereocenters. The molecule has 0 radical (unpaired) electrons. The van der Waals surface area contributed by atoms with Gasteiger partial charge in [-0.2, -0.15) is 0 Å². The Morgan fingerprint density at radius 3 is 2.25 bits per heavy atom. The zero-order chi connectivity index (χ0) is 17.7. The van der Waals surface area contributed by atoms with Crippen molar-refractivity contribution in [3.05, 3.63) is 54.1 Å². The second kappa shape index (κ2) is 7.14. The predicted molar refractivity (Wildman–Crippen MR) is 90.6 cm³/mol. The van der Waals surface area contributed by atoms with Crippen LogP contribution in [0.5, 0.6) is 5.75 Å². The largest absolute Gasteiger partial charge is 0.423 e. The first kappa shape index (κ1) is 17.5. The number of benzene rings is 2. The molecule has 0 fully saturated rings. The van der Waals surface area contributed by atoms with Crippen LogP contribution in [0.15, 0.2) is 48.5 Å². The molecular formula is C16H16N2O5S. The fourth-order valence-electron chi connectivity index (χ4n) is 1.90. The van der Waals surface area contributed by atoms with Gasteiger partial charge in [0.25, 0.3) is 0 Å². The Bertz CT molecular complexity index is 860. The van der Waals surface area contributed by atoms with Crippen LogP contribution in [0.4, 0.5) is 11.4 Å². The fraction of sp³-hybridized carbons (Fsp3) is 0.125. The molecule has 2 rings (SSSR count). The van der Waals surface area contributed by atoms with E-state index < -0.39 is 16.0 Å². The number of amides is 1. The molecule has 0 aliphatic carbocycles. The van der Waals surface area contributed by atoms with Crippen molar-refractivity contribution in [2.75, 3.05) is 16.3 Å². The minimum Gasteiger partial charge on any atom is -0.423 e. The van der Waals surface area contributed by atoms with Crippen LogP contribution in [0, 0.1) is 0 Å². The molecule has 7 nitrogen and oxygen atoms in total. The van der Waals surface area contributed by atoms with Crippen LogP contribution in [-0.2, 0) is 14.8 Å². The zero-order valence-corrected chi connectivity index (χ0v) is 13.9. The van der Waals surface area contributed by atoms with E-state index in [1.54, 1.807) is 30.3 Å². The van der Waals surface area contributed by atoms with Crippen molar-refractivity contribution >= 4 is 33.3 Å². The average Bonchev–Trinajstić information content (AvgIpc) is 2.47. The lowest BCUT2D eigenvalue weighted by Gasteiger charge is -2.08. The minimum atomic E-state index is -3.43. The zero-order valence-electron chi connectivity index (χ0n) is 13.1. The van der Waals surface area contributed by atoms with Gasteiger partial charge in [-0.05, 0) is 42.5 Å². The Balaban J connectivity index is 2.09. The van der Waals surface area contributed by atoms with E-state index in [0.717, 1.165) is 6.26 Å². The summed E-state index contributed by atoms with van der Waals surface area (Å²) >= 11 is 0. The number of carbonyl (C=O) groups excluding carboxylic acids is 2. The first-order chi connectivity index (χ1) is 11.2. The standard InChI is InChI=1S/C16H16N2O5S/c1-11(19)17-13-6-8-15(9-7-13)23-16(20)12-4-3-5-14(10-12)18-24(2,21)22/h3-10,18H,1-2H3,(H,17,19). The topological polar surface area (TPSA) is 102 Å². The Kier molecular flexibility index (Phi) is 5.20. The highest BCUT2D eigenvalue weighted by atomic mass is 32.2. The second-order valence-corrected chi connectivity index (χ2v) is 6.80. The van der Waals surface area contributed by atoms with E-state index in [9.17, 15) is 18.0 Å². The second-order valence-electron chi connectivity index (χ2n) is 5.05. The van der Waals surface area contributed by atoms with E-state index in [0.29, 0.717) is 11.4 Å². The van der Waals surface area contributed by atoms with E-state index >= 15 is 0 Å². The van der Waals surface area contributed by atoms with Gasteiger partial charge in [-0.1, -0.05) is 6.07 Å². The predicted octanol–water partition coefficient (Wildman–Crippen LogP) is 2.24. The van der Waals surface area contributed by atoms with Crippen molar-refractivity contribution < 1.29 is 22.7 Å². The van der Waals surface area contributed by atoms with Crippen LogP contribution < -0.4 is 14.8 Å². The van der Waals surface area contributed by atoms with Gasteiger partial charge in [0.2, 0.25) is 15.9 Å². The van der Waals surface area contributed by atoms with Crippen molar-refractivity contribution in [3.63, 3.8) is 0 Å². The van der Waals surface area contributed by atoms with Crippen LogP contribution in [-0.4, -0.2) is 26.6 Å². The van der Waals surface area contributed by atoms with Gasteiger partial charge >= 0.3 is 5.97 Å². The quantitative estimate of drug-likeness (QED) is 0.637. The number of rotatable bonds is 5. The maximum Gasteiger partial charge on any atom is 0.343 e. The van der Waals surface area contributed by atoms with Gasteiger partial charge in [-0.15, -0.1) is 0 Å². The van der Waals surface area contributed by atoms with Crippen molar-refractivity contribution in [1.29, 1.82) is 0 Å². The Morgan fingerprint density at radius 1 is 1.00 bits per heavy atom. The lowest BCUT2D eigenvalue weighted by atomic mass is 10.2. The minimum absolute atomic E-state index is 0.199. The number of carbonyl (C=O) groups is 2. The molecule has 1 amide bonds. The molecular weight excluding hydrogens is 332 g/mol. The molecule has 2 N–H and O–H groups in total. The maximum atomic E-state index is 12.1. The molecule has 0 heterocycles. The van der Waals surface area contributed by atoms with Crippen LogP contribution in [0.2, 0.25) is 0 Å². The number of hydrogen-bond acceptors (Lipinski definition) is 5. The van der Waals surface area contributed by atoms with Gasteiger partial charge in [0.05, 0.1) is 11.8 Å². The monoisotopic (exact) mass is 348 g/mol. The van der Waals surface area contributed by atoms with Gasteiger partial charge in [0, 0.05) is 18.3 Å². The van der Waals surface area contributed by atoms with Gasteiger partial charge < -0.3 is 10.1 Å². The summed E-state index contributed by atoms with van der Waals surface area (Å²) in [5, 5.41) is 2.60. The van der Waals surface area contributed by atoms with E-state index in [-0.39, 0.29) is 17.2 Å². The van der Waals surface area contributed by atoms with Crippen LogP contribution in [0.3, 0.4) is 0 Å². The van der Waals surface area contributed by atoms with Gasteiger partial charge in [0.15, 0.2) is 0 Å². The first-order valence-electron chi connectivity index (χ1n) is 6.90. The third-order valence-corrected chi connectivity index (χ3v) is 3.39. The summed E-state index contributed by atoms with van der Waals surface area (Å²) in [6.45, 7) is 1.39. The molecule has 24 heavy (non-hydrogen) atoms. The number of sulfonamides is 1. The summed E-state index contributed by atoms with van der Waals surface area (Å²) in [5.41, 5.74) is 1.06. The van der Waals surface area contributed by atoms with Crippen molar-refractivity contribution in [3.8, 4) is 5.75 Å². The molecule has 2 aromatic rings. The van der Waals surface area contributed by atoms with Gasteiger partial charge in [0.1, 0.15) is 5.75 Å². The molecule has 0 aliphatic heterocycles. The summed E-state index contributed by atoms with van der Waals surface area (Å²) < 4.78 is 30.0. The van der Waals surface area contributed by atoms with Gasteiger partial charge in [-0.25, -0.2) is 13.2 Å². The SMILES string of the molecule is CC(=O)Nc1ccc(OC(=O)c2cccc(NS(C)(=O)=O)c2)cc1. The fourth-order valence-corrected chi connectivity index (χ4v) is 2.45. The molecule has 0 spiro atoms. The first-order valence-corrected chi connectivity index (χ1v) is 8.80. The average molecular weight is 348 g/mol. The third kappa shape index (κ3) is 5.40. The lowest BCUT2D eigenvalue weighted by molar-refractivity contribution is -0.114. The number of esters is 1. The highest BCUT2D eigenvalue weighted by Gasteiger charge is 2.11. The summed E-state index contributed by atoms with van der Waals surface area (Å²) in [4.78, 5) is 23.1. The third-order valence-electron chi connectivity index (χ3n) is 2.79. The van der Waals surface area contributed by atoms with Crippen molar-refractivity contribution in [2.24, 2.45) is 0 Å². The molecule has 8 heteroatoms. The summed E-state index contributed by atoms with van der Waals surface area (Å²) in [7, 11) is -3.43. The molecule has 0 saturated heterocycles. The number of hydrogen-bond donors (Lipinski definition) is 2. The maximum absolute atomic E-state index is 12.1. The Morgan fingerprint density at radius 2 is 1.67 bits per heavy atom. The molecule has 2 aromatic carbocycles. The van der Waals surface area contributed by atoms with E-state index in [2.05, 4.69) is 10.0 Å². The summed E-state index contributed by atoms with van der Waals surface area (Å²) in [6, 6.07) is 12.3. The molecule has 0 unspecified atom stereocenters. The number of ether oxygens (including phenoxy) is 1. The van der Waals surface area contributed by atoms with Crippen LogP contribution >= 0.6 is 0 Å². The lowest BCUT2D eigenvalue weighted by Crippen LogP contribution is -2.12. The highest BCUT2D eigenvalue weighted by molar-refractivity contribution is 7.92. The molecule has 126 valence electrons. The Hall–Kier alpha value is -2.87. The number of nitrogens with one attached hydrogen (secondary N) is 2. The summed E-state index contributed by atoms with van der Waals surface area (Å²) in [5.74, 6) is -0.523. The van der Waals surface area contributed by atoms with Crippen molar-refractivity contribution in [1.82, 2.24) is 0 Å². The molecule has 0 aromatic heterocycles. The van der Waals surface area contributed by atoms with E-state index in [4.69, 9.17) is 4.74 Å². The summed E-state index contributed by atoms with van der Waals surface area (Å²) in [6.07, 6.45) is 1.02. The molecule has 0 saturated carbocycles.